The van der Waals surface area contributed by atoms with Crippen LogP contribution in [0.5, 0.6) is 0 Å². The minimum atomic E-state index is 0.211. The van der Waals surface area contributed by atoms with Crippen LogP contribution in [0, 0.1) is 6.92 Å². The lowest BCUT2D eigenvalue weighted by molar-refractivity contribution is 0.745. The van der Waals surface area contributed by atoms with Crippen molar-refractivity contribution >= 4 is 22.7 Å². The number of nitrogens with zero attached hydrogens (tertiary/aromatic N) is 1. The second-order valence-electron chi connectivity index (χ2n) is 3.72. The van der Waals surface area contributed by atoms with Crippen LogP contribution in [0.15, 0.2) is 18.3 Å². The van der Waals surface area contributed by atoms with E-state index in [1.807, 2.05) is 13.1 Å². The highest BCUT2D eigenvalue weighted by Crippen LogP contribution is 2.31. The number of aromatic nitrogens is 1. The van der Waals surface area contributed by atoms with Gasteiger partial charge in [0.15, 0.2) is 0 Å². The Morgan fingerprint density at radius 1 is 1.40 bits per heavy atom. The SMILES string of the molecule is Cc1ccc(-c2ncc(CC(C)N)s2)s1. The lowest BCUT2D eigenvalue weighted by Crippen LogP contribution is -2.16. The first kappa shape index (κ1) is 10.8. The number of hydrogen-bond acceptors (Lipinski definition) is 4. The van der Waals surface area contributed by atoms with Crippen LogP contribution in [0.4, 0.5) is 0 Å². The standard InChI is InChI=1S/C11H14N2S2/c1-7(12)5-9-6-13-11(15-9)10-4-3-8(2)14-10/h3-4,6-7H,5,12H2,1-2H3. The van der Waals surface area contributed by atoms with Gasteiger partial charge in [0, 0.05) is 22.0 Å². The molecule has 0 aromatic carbocycles. The van der Waals surface area contributed by atoms with Crippen molar-refractivity contribution in [2.24, 2.45) is 5.73 Å². The van der Waals surface area contributed by atoms with Crippen molar-refractivity contribution in [1.82, 2.24) is 4.98 Å². The van der Waals surface area contributed by atoms with Crippen molar-refractivity contribution in [3.8, 4) is 9.88 Å². The van der Waals surface area contributed by atoms with E-state index in [0.717, 1.165) is 11.4 Å². The molecule has 2 nitrogen and oxygen atoms in total. The highest BCUT2D eigenvalue weighted by Gasteiger charge is 2.07. The molecule has 2 aromatic rings. The summed E-state index contributed by atoms with van der Waals surface area (Å²) in [4.78, 5) is 8.28. The molecular formula is C11H14N2S2. The van der Waals surface area contributed by atoms with Gasteiger partial charge >= 0.3 is 0 Å². The number of thiazole rings is 1. The fraction of sp³-hybridized carbons (Fsp3) is 0.364. The Hall–Kier alpha value is -0.710. The smallest absolute Gasteiger partial charge is 0.133 e. The summed E-state index contributed by atoms with van der Waals surface area (Å²) >= 11 is 3.54. The third-order valence-electron chi connectivity index (χ3n) is 2.03. The molecule has 0 saturated carbocycles. The Morgan fingerprint density at radius 2 is 2.20 bits per heavy atom. The van der Waals surface area contributed by atoms with Crippen LogP contribution in [0.1, 0.15) is 16.7 Å². The fourth-order valence-corrected chi connectivity index (χ4v) is 3.37. The van der Waals surface area contributed by atoms with Gasteiger partial charge in [0.25, 0.3) is 0 Å². The van der Waals surface area contributed by atoms with Crippen LogP contribution in [0.3, 0.4) is 0 Å². The van der Waals surface area contributed by atoms with Gasteiger partial charge in [0.05, 0.1) is 4.88 Å². The molecule has 1 atom stereocenters. The van der Waals surface area contributed by atoms with Crippen molar-refractivity contribution in [2.45, 2.75) is 26.3 Å². The molecule has 2 N–H and O–H groups in total. The molecule has 0 aliphatic rings. The molecule has 0 aliphatic heterocycles. The van der Waals surface area contributed by atoms with E-state index in [1.165, 1.54) is 14.6 Å². The van der Waals surface area contributed by atoms with Gasteiger partial charge in [0.1, 0.15) is 5.01 Å². The average molecular weight is 238 g/mol. The van der Waals surface area contributed by atoms with Crippen LogP contribution in [-0.4, -0.2) is 11.0 Å². The molecule has 80 valence electrons. The van der Waals surface area contributed by atoms with Crippen LogP contribution in [0.25, 0.3) is 9.88 Å². The van der Waals surface area contributed by atoms with Crippen LogP contribution in [0.2, 0.25) is 0 Å². The number of thiophene rings is 1. The third kappa shape index (κ3) is 2.65. The van der Waals surface area contributed by atoms with Gasteiger partial charge in [-0.25, -0.2) is 4.98 Å². The largest absolute Gasteiger partial charge is 0.328 e. The molecule has 2 heterocycles. The zero-order valence-electron chi connectivity index (χ0n) is 8.86. The number of hydrogen-bond donors (Lipinski definition) is 1. The Labute approximate surface area is 97.8 Å². The normalized spacial score (nSPS) is 13.0. The maximum atomic E-state index is 5.76. The first-order valence-electron chi connectivity index (χ1n) is 4.92. The Bertz CT molecular complexity index is 443. The van der Waals surface area contributed by atoms with Crippen molar-refractivity contribution in [2.75, 3.05) is 0 Å². The van der Waals surface area contributed by atoms with E-state index in [-0.39, 0.29) is 6.04 Å². The van der Waals surface area contributed by atoms with Crippen molar-refractivity contribution in [3.63, 3.8) is 0 Å². The van der Waals surface area contributed by atoms with E-state index in [1.54, 1.807) is 22.7 Å². The molecule has 0 amide bonds. The maximum absolute atomic E-state index is 5.76. The van der Waals surface area contributed by atoms with E-state index in [0.29, 0.717) is 0 Å². The van der Waals surface area contributed by atoms with Crippen LogP contribution < -0.4 is 5.73 Å². The molecule has 15 heavy (non-hydrogen) atoms. The minimum Gasteiger partial charge on any atom is -0.328 e. The van der Waals surface area contributed by atoms with Crippen molar-refractivity contribution in [1.29, 1.82) is 0 Å². The quantitative estimate of drug-likeness (QED) is 0.892. The highest BCUT2D eigenvalue weighted by molar-refractivity contribution is 7.21. The topological polar surface area (TPSA) is 38.9 Å². The lowest BCUT2D eigenvalue weighted by atomic mass is 10.2. The van der Waals surface area contributed by atoms with E-state index < -0.39 is 0 Å². The predicted octanol–water partition coefficient (Wildman–Crippen LogP) is 3.07. The van der Waals surface area contributed by atoms with Gasteiger partial charge in [-0.05, 0) is 32.4 Å². The molecule has 0 aliphatic carbocycles. The Morgan fingerprint density at radius 3 is 2.80 bits per heavy atom. The van der Waals surface area contributed by atoms with E-state index in [4.69, 9.17) is 5.73 Å². The van der Waals surface area contributed by atoms with Crippen LogP contribution in [-0.2, 0) is 6.42 Å². The molecule has 4 heteroatoms. The summed E-state index contributed by atoms with van der Waals surface area (Å²) < 4.78 is 0. The lowest BCUT2D eigenvalue weighted by Gasteiger charge is -1.99. The fourth-order valence-electron chi connectivity index (χ4n) is 1.38. The van der Waals surface area contributed by atoms with Crippen molar-refractivity contribution in [3.05, 3.63) is 28.1 Å². The zero-order chi connectivity index (χ0) is 10.8. The monoisotopic (exact) mass is 238 g/mol. The second-order valence-corrected chi connectivity index (χ2v) is 6.13. The Balaban J connectivity index is 2.20. The minimum absolute atomic E-state index is 0.211. The molecular weight excluding hydrogens is 224 g/mol. The number of nitrogens with two attached hydrogens (primary N) is 1. The number of aryl methyl sites for hydroxylation is 1. The highest BCUT2D eigenvalue weighted by atomic mass is 32.1. The summed E-state index contributed by atoms with van der Waals surface area (Å²) in [6, 6.07) is 4.48. The van der Waals surface area contributed by atoms with E-state index in [2.05, 4.69) is 24.0 Å². The molecule has 0 fully saturated rings. The summed E-state index contributed by atoms with van der Waals surface area (Å²) in [6.07, 6.45) is 2.86. The van der Waals surface area contributed by atoms with Crippen molar-refractivity contribution < 1.29 is 0 Å². The summed E-state index contributed by atoms with van der Waals surface area (Å²) in [5.74, 6) is 0. The van der Waals surface area contributed by atoms with E-state index >= 15 is 0 Å². The summed E-state index contributed by atoms with van der Waals surface area (Å²) in [5, 5.41) is 1.11. The zero-order valence-corrected chi connectivity index (χ0v) is 10.5. The van der Waals surface area contributed by atoms with Gasteiger partial charge in [0.2, 0.25) is 0 Å². The molecule has 0 spiro atoms. The van der Waals surface area contributed by atoms with E-state index in [9.17, 15) is 0 Å². The average Bonchev–Trinajstić information content (AvgIpc) is 2.72. The summed E-state index contributed by atoms with van der Waals surface area (Å²) in [7, 11) is 0. The molecule has 1 unspecified atom stereocenters. The van der Waals surface area contributed by atoms with Gasteiger partial charge in [-0.1, -0.05) is 0 Å². The molecule has 0 bridgehead atoms. The predicted molar refractivity (Wildman–Crippen MR) is 67.5 cm³/mol. The first-order valence-corrected chi connectivity index (χ1v) is 6.55. The maximum Gasteiger partial charge on any atom is 0.133 e. The number of rotatable bonds is 3. The summed E-state index contributed by atoms with van der Waals surface area (Å²) in [6.45, 7) is 4.14. The Kier molecular flexibility index (Phi) is 3.19. The molecule has 2 rings (SSSR count). The van der Waals surface area contributed by atoms with Gasteiger partial charge in [-0.2, -0.15) is 0 Å². The first-order chi connectivity index (χ1) is 7.15. The molecule has 2 aromatic heterocycles. The molecule has 0 radical (unpaired) electrons. The van der Waals surface area contributed by atoms with Crippen LogP contribution >= 0.6 is 22.7 Å². The third-order valence-corrected chi connectivity index (χ3v) is 4.22. The second kappa shape index (κ2) is 4.43. The van der Waals surface area contributed by atoms with Gasteiger partial charge < -0.3 is 5.73 Å². The molecule has 0 saturated heterocycles. The van der Waals surface area contributed by atoms with Gasteiger partial charge in [-0.3, -0.25) is 0 Å². The van der Waals surface area contributed by atoms with Gasteiger partial charge in [-0.15, -0.1) is 22.7 Å². The summed E-state index contributed by atoms with van der Waals surface area (Å²) in [5.41, 5.74) is 5.76.